The van der Waals surface area contributed by atoms with Crippen molar-refractivity contribution in [3.8, 4) is 17.6 Å². The molecule has 2 rings (SSSR count). The Morgan fingerprint density at radius 3 is 2.60 bits per heavy atom. The Kier molecular flexibility index (Phi) is 5.98. The minimum absolute atomic E-state index is 0.101. The number of methoxy groups -OCH3 is 1. The number of ether oxygens (including phenoxy) is 2. The number of allylic oxidation sites excluding steroid dienone is 1. The van der Waals surface area contributed by atoms with Gasteiger partial charge >= 0.3 is 5.97 Å². The van der Waals surface area contributed by atoms with Crippen LogP contribution in [0.2, 0.25) is 5.02 Å². The van der Waals surface area contributed by atoms with Gasteiger partial charge in [-0.15, -0.1) is 0 Å². The predicted octanol–water partition coefficient (Wildman–Crippen LogP) is 4.02. The van der Waals surface area contributed by atoms with E-state index in [1.165, 1.54) is 37.4 Å². The van der Waals surface area contributed by atoms with Crippen LogP contribution in [0.5, 0.6) is 11.5 Å². The summed E-state index contributed by atoms with van der Waals surface area (Å²) in [4.78, 5) is 10.6. The van der Waals surface area contributed by atoms with Crippen molar-refractivity contribution >= 4 is 29.2 Å². The Morgan fingerprint density at radius 1 is 1.36 bits per heavy atom. The molecule has 2 aromatic rings. The second kappa shape index (κ2) is 8.18. The molecule has 1 N–H and O–H groups in total. The summed E-state index contributed by atoms with van der Waals surface area (Å²) in [5, 5.41) is 18.2. The third-order valence-corrected chi connectivity index (χ3v) is 3.46. The molecule has 0 saturated heterocycles. The van der Waals surface area contributed by atoms with Crippen molar-refractivity contribution < 1.29 is 23.8 Å². The Bertz CT molecular complexity index is 857. The highest BCUT2D eigenvalue weighted by Gasteiger charge is 2.13. The quantitative estimate of drug-likeness (QED) is 0.621. The van der Waals surface area contributed by atoms with Crippen LogP contribution in [0.15, 0.2) is 36.4 Å². The van der Waals surface area contributed by atoms with Crippen LogP contribution < -0.4 is 9.47 Å². The van der Waals surface area contributed by atoms with E-state index in [9.17, 15) is 14.4 Å². The average molecular weight is 362 g/mol. The van der Waals surface area contributed by atoms with Crippen LogP contribution >= 0.6 is 11.6 Å². The van der Waals surface area contributed by atoms with Gasteiger partial charge in [0.25, 0.3) is 0 Å². The van der Waals surface area contributed by atoms with Gasteiger partial charge in [0.15, 0.2) is 18.1 Å². The number of aliphatic carboxylic acids is 1. The van der Waals surface area contributed by atoms with Gasteiger partial charge in [-0.2, -0.15) is 5.26 Å². The van der Waals surface area contributed by atoms with E-state index in [-0.39, 0.29) is 16.5 Å². The van der Waals surface area contributed by atoms with E-state index in [1.807, 2.05) is 6.07 Å². The zero-order chi connectivity index (χ0) is 18.4. The van der Waals surface area contributed by atoms with Crippen molar-refractivity contribution in [2.45, 2.75) is 0 Å². The largest absolute Gasteiger partial charge is 0.493 e. The first-order chi connectivity index (χ1) is 11.9. The molecule has 2 aromatic carbocycles. The minimum atomic E-state index is -1.15. The van der Waals surface area contributed by atoms with Gasteiger partial charge in [0, 0.05) is 0 Å². The highest BCUT2D eigenvalue weighted by Crippen LogP contribution is 2.37. The molecule has 0 aliphatic carbocycles. The van der Waals surface area contributed by atoms with Gasteiger partial charge in [-0.3, -0.25) is 0 Å². The molecule has 0 unspecified atom stereocenters. The SMILES string of the molecule is COc1cc(/C=C(/C#N)c2ccc(F)cc2)cc(Cl)c1OCC(=O)O. The van der Waals surface area contributed by atoms with E-state index in [0.29, 0.717) is 16.7 Å². The maximum Gasteiger partial charge on any atom is 0.341 e. The van der Waals surface area contributed by atoms with Crippen molar-refractivity contribution in [1.82, 2.24) is 0 Å². The first-order valence-electron chi connectivity index (χ1n) is 7.04. The third-order valence-electron chi connectivity index (χ3n) is 3.18. The molecule has 5 nitrogen and oxygen atoms in total. The fourth-order valence-electron chi connectivity index (χ4n) is 2.07. The number of halogens is 2. The molecule has 0 atom stereocenters. The Balaban J connectivity index is 2.41. The third kappa shape index (κ3) is 4.72. The summed E-state index contributed by atoms with van der Waals surface area (Å²) in [7, 11) is 1.39. The molecule has 128 valence electrons. The topological polar surface area (TPSA) is 79.5 Å². The smallest absolute Gasteiger partial charge is 0.341 e. The number of nitrogens with zero attached hydrogens (tertiary/aromatic N) is 1. The number of carboxylic acids is 1. The summed E-state index contributed by atoms with van der Waals surface area (Å²) >= 11 is 6.13. The molecule has 0 amide bonds. The van der Waals surface area contributed by atoms with Gasteiger partial charge in [0.05, 0.1) is 23.8 Å². The lowest BCUT2D eigenvalue weighted by atomic mass is 10.0. The van der Waals surface area contributed by atoms with Crippen LogP contribution in [-0.2, 0) is 4.79 Å². The van der Waals surface area contributed by atoms with Crippen molar-refractivity contribution in [1.29, 1.82) is 5.26 Å². The van der Waals surface area contributed by atoms with Gasteiger partial charge in [-0.25, -0.2) is 9.18 Å². The molecule has 0 aliphatic rings. The summed E-state index contributed by atoms with van der Waals surface area (Å²) in [6, 6.07) is 10.6. The van der Waals surface area contributed by atoms with E-state index < -0.39 is 18.4 Å². The molecule has 25 heavy (non-hydrogen) atoms. The molecule has 7 heteroatoms. The highest BCUT2D eigenvalue weighted by atomic mass is 35.5. The number of carbonyl (C=O) groups is 1. The number of rotatable bonds is 6. The predicted molar refractivity (Wildman–Crippen MR) is 91.0 cm³/mol. The van der Waals surface area contributed by atoms with Gasteiger partial charge in [-0.1, -0.05) is 23.7 Å². The summed E-state index contributed by atoms with van der Waals surface area (Å²) in [6.07, 6.45) is 1.56. The molecule has 0 aliphatic heterocycles. The van der Waals surface area contributed by atoms with Crippen LogP contribution in [0.4, 0.5) is 4.39 Å². The second-order valence-electron chi connectivity index (χ2n) is 4.89. The zero-order valence-electron chi connectivity index (χ0n) is 13.1. The molecule has 0 fully saturated rings. The highest BCUT2D eigenvalue weighted by molar-refractivity contribution is 6.32. The van der Waals surface area contributed by atoms with Gasteiger partial charge in [-0.05, 0) is 41.5 Å². The van der Waals surface area contributed by atoms with E-state index >= 15 is 0 Å². The maximum absolute atomic E-state index is 13.0. The molecule has 0 spiro atoms. The lowest BCUT2D eigenvalue weighted by Crippen LogP contribution is -2.10. The lowest BCUT2D eigenvalue weighted by molar-refractivity contribution is -0.139. The van der Waals surface area contributed by atoms with E-state index in [2.05, 4.69) is 0 Å². The fourth-order valence-corrected chi connectivity index (χ4v) is 2.35. The van der Waals surface area contributed by atoms with Crippen LogP contribution in [0.1, 0.15) is 11.1 Å². The number of benzene rings is 2. The number of nitriles is 1. The van der Waals surface area contributed by atoms with E-state index in [1.54, 1.807) is 12.1 Å². The van der Waals surface area contributed by atoms with Gasteiger partial charge in [0.1, 0.15) is 5.82 Å². The van der Waals surface area contributed by atoms with Crippen molar-refractivity contribution in [3.05, 3.63) is 58.4 Å². The minimum Gasteiger partial charge on any atom is -0.493 e. The first kappa shape index (κ1) is 18.3. The van der Waals surface area contributed by atoms with Crippen molar-refractivity contribution in [2.75, 3.05) is 13.7 Å². The van der Waals surface area contributed by atoms with Crippen molar-refractivity contribution in [2.24, 2.45) is 0 Å². The zero-order valence-corrected chi connectivity index (χ0v) is 13.9. The lowest BCUT2D eigenvalue weighted by Gasteiger charge is -2.12. The number of hydrogen-bond donors (Lipinski definition) is 1. The molecular formula is C18H13ClFNO4. The summed E-state index contributed by atoms with van der Waals surface area (Å²) in [5.74, 6) is -1.21. The van der Waals surface area contributed by atoms with Gasteiger partial charge < -0.3 is 14.6 Å². The van der Waals surface area contributed by atoms with Crippen LogP contribution in [0.3, 0.4) is 0 Å². The molecule has 0 bridgehead atoms. The molecule has 0 saturated carbocycles. The Hall–Kier alpha value is -3.04. The molecule has 0 heterocycles. The Labute approximate surface area is 148 Å². The number of carboxylic acid groups (broad SMARTS) is 1. The van der Waals surface area contributed by atoms with Crippen LogP contribution in [0, 0.1) is 17.1 Å². The normalized spacial score (nSPS) is 10.9. The van der Waals surface area contributed by atoms with Crippen molar-refractivity contribution in [3.63, 3.8) is 0 Å². The Morgan fingerprint density at radius 2 is 2.04 bits per heavy atom. The molecule has 0 aromatic heterocycles. The van der Waals surface area contributed by atoms with Crippen LogP contribution in [-0.4, -0.2) is 24.8 Å². The summed E-state index contributed by atoms with van der Waals surface area (Å²) in [6.45, 7) is -0.565. The summed E-state index contributed by atoms with van der Waals surface area (Å²) in [5.41, 5.74) is 1.40. The molecular weight excluding hydrogens is 349 g/mol. The van der Waals surface area contributed by atoms with Crippen LogP contribution in [0.25, 0.3) is 11.6 Å². The maximum atomic E-state index is 13.0. The average Bonchev–Trinajstić information content (AvgIpc) is 2.59. The molecule has 0 radical (unpaired) electrons. The number of hydrogen-bond acceptors (Lipinski definition) is 4. The monoisotopic (exact) mass is 361 g/mol. The van der Waals surface area contributed by atoms with E-state index in [0.717, 1.165) is 0 Å². The van der Waals surface area contributed by atoms with E-state index in [4.69, 9.17) is 26.2 Å². The second-order valence-corrected chi connectivity index (χ2v) is 5.30. The van der Waals surface area contributed by atoms with Gasteiger partial charge in [0.2, 0.25) is 0 Å². The fraction of sp³-hybridized carbons (Fsp3) is 0.111. The standard InChI is InChI=1S/C18H13ClFNO4/c1-24-16-8-11(7-15(19)18(16)25-10-17(22)23)6-13(9-21)12-2-4-14(20)5-3-12/h2-8H,10H2,1H3,(H,22,23)/b13-6-. The first-order valence-corrected chi connectivity index (χ1v) is 7.42. The summed E-state index contributed by atoms with van der Waals surface area (Å²) < 4.78 is 23.3.